The van der Waals surface area contributed by atoms with Crippen molar-refractivity contribution in [3.8, 4) is 0 Å². The number of nitrogens with one attached hydrogen (secondary N) is 1. The lowest BCUT2D eigenvalue weighted by Crippen LogP contribution is -2.52. The zero-order valence-electron chi connectivity index (χ0n) is 18.6. The molecule has 0 spiro atoms. The second-order valence-corrected chi connectivity index (χ2v) is 8.83. The van der Waals surface area contributed by atoms with E-state index in [1.54, 1.807) is 12.1 Å². The summed E-state index contributed by atoms with van der Waals surface area (Å²) in [6.45, 7) is 6.03. The number of piperazine rings is 1. The Kier molecular flexibility index (Phi) is 7.17. The highest BCUT2D eigenvalue weighted by Gasteiger charge is 2.32. The quantitative estimate of drug-likeness (QED) is 0.689. The number of benzene rings is 2. The van der Waals surface area contributed by atoms with Gasteiger partial charge in [-0.3, -0.25) is 19.4 Å². The molecular weight excluding hydrogens is 407 g/mol. The maximum atomic E-state index is 13.2. The van der Waals surface area contributed by atoms with Crippen LogP contribution >= 0.6 is 0 Å². The summed E-state index contributed by atoms with van der Waals surface area (Å²) in [5.74, 6) is -0.149. The minimum Gasteiger partial charge on any atom is -0.339 e. The van der Waals surface area contributed by atoms with Crippen LogP contribution in [0, 0.1) is 12.7 Å². The molecule has 170 valence electrons. The summed E-state index contributed by atoms with van der Waals surface area (Å²) in [5, 5.41) is 2.93. The first-order chi connectivity index (χ1) is 15.5. The van der Waals surface area contributed by atoms with Crippen LogP contribution < -0.4 is 5.32 Å². The summed E-state index contributed by atoms with van der Waals surface area (Å²) < 4.78 is 13.2. The molecule has 1 aliphatic heterocycles. The molecule has 2 aromatic carbocycles. The topological polar surface area (TPSA) is 55.9 Å². The van der Waals surface area contributed by atoms with Crippen molar-refractivity contribution in [2.45, 2.75) is 32.4 Å². The Morgan fingerprint density at radius 1 is 1.00 bits per heavy atom. The molecule has 1 saturated carbocycles. The van der Waals surface area contributed by atoms with Crippen molar-refractivity contribution in [1.82, 2.24) is 14.7 Å². The molecule has 0 atom stereocenters. The van der Waals surface area contributed by atoms with Crippen LogP contribution in [0.5, 0.6) is 0 Å². The third kappa shape index (κ3) is 6.37. The van der Waals surface area contributed by atoms with E-state index in [-0.39, 0.29) is 17.6 Å². The number of hydrogen-bond donors (Lipinski definition) is 1. The van der Waals surface area contributed by atoms with Crippen molar-refractivity contribution in [3.05, 3.63) is 65.5 Å². The van der Waals surface area contributed by atoms with E-state index in [1.807, 2.05) is 36.1 Å². The molecule has 6 nitrogen and oxygen atoms in total. The summed E-state index contributed by atoms with van der Waals surface area (Å²) in [6, 6.07) is 14.7. The number of hydrogen-bond acceptors (Lipinski definition) is 4. The van der Waals surface area contributed by atoms with Gasteiger partial charge in [0, 0.05) is 44.5 Å². The first kappa shape index (κ1) is 22.4. The summed E-state index contributed by atoms with van der Waals surface area (Å²) in [5.41, 5.74) is 2.98. The Labute approximate surface area is 189 Å². The molecule has 1 heterocycles. The van der Waals surface area contributed by atoms with Crippen molar-refractivity contribution in [1.29, 1.82) is 0 Å². The predicted octanol–water partition coefficient (Wildman–Crippen LogP) is 2.88. The van der Waals surface area contributed by atoms with Gasteiger partial charge in [0.15, 0.2) is 0 Å². The van der Waals surface area contributed by atoms with E-state index in [9.17, 15) is 14.0 Å². The highest BCUT2D eigenvalue weighted by molar-refractivity contribution is 5.92. The summed E-state index contributed by atoms with van der Waals surface area (Å²) in [4.78, 5) is 31.4. The molecule has 0 radical (unpaired) electrons. The standard InChI is InChI=1S/C25H31FN4O2/c1-19-2-8-22(9-3-19)27-24(31)17-28-12-14-29(15-13-28)25(32)18-30(23-10-11-23)16-20-4-6-21(26)7-5-20/h2-9,23H,10-18H2,1H3,(H,27,31). The Balaban J connectivity index is 1.22. The summed E-state index contributed by atoms with van der Waals surface area (Å²) in [6.07, 6.45) is 2.22. The van der Waals surface area contributed by atoms with Crippen molar-refractivity contribution in [3.63, 3.8) is 0 Å². The zero-order chi connectivity index (χ0) is 22.5. The highest BCUT2D eigenvalue weighted by atomic mass is 19.1. The summed E-state index contributed by atoms with van der Waals surface area (Å²) in [7, 11) is 0. The lowest BCUT2D eigenvalue weighted by molar-refractivity contribution is -0.134. The zero-order valence-corrected chi connectivity index (χ0v) is 18.6. The van der Waals surface area contributed by atoms with E-state index in [1.165, 1.54) is 12.1 Å². The van der Waals surface area contributed by atoms with Crippen LogP contribution in [0.25, 0.3) is 0 Å². The number of rotatable bonds is 8. The average molecular weight is 439 g/mol. The van der Waals surface area contributed by atoms with Crippen LogP contribution in [0.2, 0.25) is 0 Å². The molecule has 1 N–H and O–H groups in total. The molecule has 32 heavy (non-hydrogen) atoms. The van der Waals surface area contributed by atoms with Gasteiger partial charge in [-0.1, -0.05) is 29.8 Å². The van der Waals surface area contributed by atoms with Gasteiger partial charge in [0.2, 0.25) is 11.8 Å². The Bertz CT molecular complexity index is 920. The Morgan fingerprint density at radius 3 is 2.28 bits per heavy atom. The first-order valence-electron chi connectivity index (χ1n) is 11.3. The fourth-order valence-corrected chi connectivity index (χ4v) is 4.05. The predicted molar refractivity (Wildman–Crippen MR) is 123 cm³/mol. The first-order valence-corrected chi connectivity index (χ1v) is 11.3. The lowest BCUT2D eigenvalue weighted by atomic mass is 10.2. The van der Waals surface area contributed by atoms with Crippen LogP contribution in [-0.4, -0.2) is 71.8 Å². The number of aryl methyl sites for hydroxylation is 1. The van der Waals surface area contributed by atoms with E-state index in [0.717, 1.165) is 29.7 Å². The molecule has 2 aliphatic rings. The minimum atomic E-state index is -0.242. The molecule has 1 aliphatic carbocycles. The van der Waals surface area contributed by atoms with Crippen LogP contribution in [0.3, 0.4) is 0 Å². The van der Waals surface area contributed by atoms with E-state index in [0.29, 0.717) is 51.9 Å². The second-order valence-electron chi connectivity index (χ2n) is 8.83. The van der Waals surface area contributed by atoms with Gasteiger partial charge in [-0.15, -0.1) is 0 Å². The molecule has 2 aromatic rings. The van der Waals surface area contributed by atoms with E-state index in [2.05, 4.69) is 15.1 Å². The van der Waals surface area contributed by atoms with Crippen LogP contribution in [0.4, 0.5) is 10.1 Å². The van der Waals surface area contributed by atoms with Gasteiger partial charge in [0.1, 0.15) is 5.82 Å². The number of nitrogens with zero attached hydrogens (tertiary/aromatic N) is 3. The molecule has 2 amide bonds. The minimum absolute atomic E-state index is 0.0344. The smallest absolute Gasteiger partial charge is 0.238 e. The van der Waals surface area contributed by atoms with E-state index < -0.39 is 0 Å². The number of anilines is 1. The maximum absolute atomic E-state index is 13.2. The SMILES string of the molecule is Cc1ccc(NC(=O)CN2CCN(C(=O)CN(Cc3ccc(F)cc3)C3CC3)CC2)cc1. The van der Waals surface area contributed by atoms with Crippen molar-refractivity contribution in [2.75, 3.05) is 44.6 Å². The van der Waals surface area contributed by atoms with Gasteiger partial charge in [0.05, 0.1) is 13.1 Å². The fourth-order valence-electron chi connectivity index (χ4n) is 4.05. The lowest BCUT2D eigenvalue weighted by Gasteiger charge is -2.35. The van der Waals surface area contributed by atoms with Gasteiger partial charge < -0.3 is 10.2 Å². The third-order valence-corrected chi connectivity index (χ3v) is 6.13. The normalized spacial score (nSPS) is 16.9. The van der Waals surface area contributed by atoms with Crippen molar-refractivity contribution < 1.29 is 14.0 Å². The van der Waals surface area contributed by atoms with Gasteiger partial charge in [0.25, 0.3) is 0 Å². The van der Waals surface area contributed by atoms with Gasteiger partial charge in [-0.2, -0.15) is 0 Å². The van der Waals surface area contributed by atoms with Gasteiger partial charge >= 0.3 is 0 Å². The number of carbonyl (C=O) groups excluding carboxylic acids is 2. The molecule has 0 bridgehead atoms. The fraction of sp³-hybridized carbons (Fsp3) is 0.440. The monoisotopic (exact) mass is 438 g/mol. The molecule has 0 unspecified atom stereocenters. The largest absolute Gasteiger partial charge is 0.339 e. The number of carbonyl (C=O) groups is 2. The Morgan fingerprint density at radius 2 is 1.66 bits per heavy atom. The molecule has 4 rings (SSSR count). The van der Waals surface area contributed by atoms with Crippen LogP contribution in [0.1, 0.15) is 24.0 Å². The van der Waals surface area contributed by atoms with Gasteiger partial charge in [-0.05, 0) is 49.6 Å². The van der Waals surface area contributed by atoms with Gasteiger partial charge in [-0.25, -0.2) is 4.39 Å². The van der Waals surface area contributed by atoms with E-state index >= 15 is 0 Å². The molecule has 1 saturated heterocycles. The molecule has 7 heteroatoms. The highest BCUT2D eigenvalue weighted by Crippen LogP contribution is 2.28. The average Bonchev–Trinajstić information content (AvgIpc) is 3.62. The number of halogens is 1. The molecule has 0 aromatic heterocycles. The third-order valence-electron chi connectivity index (χ3n) is 6.13. The summed E-state index contributed by atoms with van der Waals surface area (Å²) >= 11 is 0. The molecular formula is C25H31FN4O2. The Hall–Kier alpha value is -2.77. The van der Waals surface area contributed by atoms with Crippen molar-refractivity contribution in [2.24, 2.45) is 0 Å². The van der Waals surface area contributed by atoms with E-state index in [4.69, 9.17) is 0 Å². The van der Waals surface area contributed by atoms with Crippen LogP contribution in [-0.2, 0) is 16.1 Å². The maximum Gasteiger partial charge on any atom is 0.238 e. The van der Waals surface area contributed by atoms with Crippen LogP contribution in [0.15, 0.2) is 48.5 Å². The van der Waals surface area contributed by atoms with Crippen molar-refractivity contribution >= 4 is 17.5 Å². The second kappa shape index (κ2) is 10.2. The molecule has 2 fully saturated rings. The number of amides is 2.